The lowest BCUT2D eigenvalue weighted by Gasteiger charge is -2.06. The fourth-order valence-corrected chi connectivity index (χ4v) is 1.87. The van der Waals surface area contributed by atoms with Gasteiger partial charge in [-0.1, -0.05) is 0 Å². The molecule has 102 valence electrons. The second-order valence-electron chi connectivity index (χ2n) is 4.05. The summed E-state index contributed by atoms with van der Waals surface area (Å²) in [5, 5.41) is 0. The maximum atomic E-state index is 11.7. The lowest BCUT2D eigenvalue weighted by Crippen LogP contribution is -2.11. The maximum absolute atomic E-state index is 11.7. The van der Waals surface area contributed by atoms with E-state index in [0.717, 1.165) is 5.82 Å². The van der Waals surface area contributed by atoms with Crippen molar-refractivity contribution >= 4 is 11.8 Å². The van der Waals surface area contributed by atoms with Gasteiger partial charge in [-0.05, 0) is 13.8 Å². The van der Waals surface area contributed by atoms with Crippen molar-refractivity contribution in [2.75, 3.05) is 12.3 Å². The molecule has 0 aliphatic rings. The van der Waals surface area contributed by atoms with Crippen LogP contribution in [-0.2, 0) is 17.7 Å². The molecule has 0 aromatic carbocycles. The first-order valence-corrected chi connectivity index (χ1v) is 6.11. The van der Waals surface area contributed by atoms with Crippen molar-refractivity contribution in [3.8, 4) is 0 Å². The molecule has 0 atom stereocenters. The van der Waals surface area contributed by atoms with E-state index in [4.69, 9.17) is 10.5 Å². The van der Waals surface area contributed by atoms with Gasteiger partial charge in [0.2, 0.25) is 0 Å². The highest BCUT2D eigenvalue weighted by Crippen LogP contribution is 2.15. The fourth-order valence-electron chi connectivity index (χ4n) is 1.87. The van der Waals surface area contributed by atoms with E-state index in [9.17, 15) is 4.79 Å². The Morgan fingerprint density at radius 2 is 2.37 bits per heavy atom. The zero-order chi connectivity index (χ0) is 13.8. The second kappa shape index (κ2) is 5.55. The monoisotopic (exact) mass is 263 g/mol. The first-order chi connectivity index (χ1) is 9.13. The Kier molecular flexibility index (Phi) is 3.84. The lowest BCUT2D eigenvalue weighted by atomic mass is 10.4. The third kappa shape index (κ3) is 2.75. The van der Waals surface area contributed by atoms with Gasteiger partial charge in [-0.3, -0.25) is 0 Å². The van der Waals surface area contributed by atoms with E-state index in [-0.39, 0.29) is 5.69 Å². The van der Waals surface area contributed by atoms with Crippen LogP contribution in [0.25, 0.3) is 0 Å². The highest BCUT2D eigenvalue weighted by Gasteiger charge is 2.19. The number of carbonyl (C=O) groups is 1. The average Bonchev–Trinajstić information content (AvgIpc) is 2.97. The molecule has 2 rings (SSSR count). The quantitative estimate of drug-likeness (QED) is 0.781. The minimum atomic E-state index is -0.486. The van der Waals surface area contributed by atoms with Crippen LogP contribution in [0.4, 0.5) is 5.82 Å². The number of nitrogen functional groups attached to an aromatic ring is 1. The minimum absolute atomic E-state index is 0.179. The Morgan fingerprint density at radius 3 is 3.00 bits per heavy atom. The van der Waals surface area contributed by atoms with E-state index < -0.39 is 5.97 Å². The number of aromatic amines is 1. The molecule has 0 spiro atoms. The van der Waals surface area contributed by atoms with Gasteiger partial charge >= 0.3 is 5.97 Å². The lowest BCUT2D eigenvalue weighted by molar-refractivity contribution is 0.0521. The molecule has 2 aromatic rings. The zero-order valence-corrected chi connectivity index (χ0v) is 11.0. The summed E-state index contributed by atoms with van der Waals surface area (Å²) in [5.74, 6) is 1.40. The van der Waals surface area contributed by atoms with Gasteiger partial charge in [-0.2, -0.15) is 0 Å². The third-order valence-corrected chi connectivity index (χ3v) is 2.79. The predicted molar refractivity (Wildman–Crippen MR) is 69.6 cm³/mol. The van der Waals surface area contributed by atoms with Crippen molar-refractivity contribution in [2.45, 2.75) is 26.8 Å². The summed E-state index contributed by atoms with van der Waals surface area (Å²) in [6.07, 6.45) is 4.16. The normalized spacial score (nSPS) is 10.6. The number of hydrogen-bond acceptors (Lipinski definition) is 5. The van der Waals surface area contributed by atoms with Gasteiger partial charge in [0.15, 0.2) is 5.69 Å². The summed E-state index contributed by atoms with van der Waals surface area (Å²) >= 11 is 0. The number of nitrogens with one attached hydrogen (secondary N) is 1. The molecular formula is C12H17N5O2. The van der Waals surface area contributed by atoms with Crippen LogP contribution in [-0.4, -0.2) is 32.1 Å². The molecule has 0 amide bonds. The zero-order valence-electron chi connectivity index (χ0n) is 11.0. The molecule has 0 aliphatic carbocycles. The summed E-state index contributed by atoms with van der Waals surface area (Å²) in [7, 11) is 0. The van der Waals surface area contributed by atoms with Crippen molar-refractivity contribution in [1.29, 1.82) is 0 Å². The van der Waals surface area contributed by atoms with Gasteiger partial charge in [0.1, 0.15) is 17.5 Å². The van der Waals surface area contributed by atoms with Crippen LogP contribution in [0.3, 0.4) is 0 Å². The molecule has 7 heteroatoms. The van der Waals surface area contributed by atoms with E-state index in [0.29, 0.717) is 31.2 Å². The number of ether oxygens (including phenoxy) is 1. The van der Waals surface area contributed by atoms with E-state index in [1.165, 1.54) is 0 Å². The number of anilines is 1. The molecule has 2 aromatic heterocycles. The number of hydrogen-bond donors (Lipinski definition) is 2. The highest BCUT2D eigenvalue weighted by molar-refractivity contribution is 5.92. The Labute approximate surface area is 110 Å². The Hall–Kier alpha value is -2.31. The number of rotatable bonds is 5. The Morgan fingerprint density at radius 1 is 1.58 bits per heavy atom. The van der Waals surface area contributed by atoms with Crippen molar-refractivity contribution in [3.63, 3.8) is 0 Å². The first kappa shape index (κ1) is 13.1. The molecule has 0 radical (unpaired) electrons. The van der Waals surface area contributed by atoms with Crippen LogP contribution in [0.5, 0.6) is 0 Å². The van der Waals surface area contributed by atoms with E-state index in [1.807, 2.05) is 0 Å². The standard InChI is InChI=1S/C12H17N5O2/c1-3-19-12(18)10-11(13)17(8(2)16-10)7-4-9-14-5-6-15-9/h5-6H,3-4,7,13H2,1-2H3,(H,14,15). The van der Waals surface area contributed by atoms with Crippen molar-refractivity contribution < 1.29 is 9.53 Å². The SMILES string of the molecule is CCOC(=O)c1nc(C)n(CCc2ncc[nH]2)c1N. The van der Waals surface area contributed by atoms with Gasteiger partial charge in [0.05, 0.1) is 6.61 Å². The number of carbonyl (C=O) groups excluding carboxylic acids is 1. The molecule has 7 nitrogen and oxygen atoms in total. The number of imidazole rings is 2. The molecule has 0 saturated carbocycles. The van der Waals surface area contributed by atoms with Crippen molar-refractivity contribution in [1.82, 2.24) is 19.5 Å². The van der Waals surface area contributed by atoms with E-state index in [2.05, 4.69) is 15.0 Å². The van der Waals surface area contributed by atoms with Crippen LogP contribution in [0.2, 0.25) is 0 Å². The molecule has 19 heavy (non-hydrogen) atoms. The van der Waals surface area contributed by atoms with Crippen molar-refractivity contribution in [3.05, 3.63) is 29.7 Å². The molecule has 0 fully saturated rings. The maximum Gasteiger partial charge on any atom is 0.360 e. The fraction of sp³-hybridized carbons (Fsp3) is 0.417. The van der Waals surface area contributed by atoms with Crippen molar-refractivity contribution in [2.24, 2.45) is 0 Å². The summed E-state index contributed by atoms with van der Waals surface area (Å²) in [6, 6.07) is 0. The Bertz CT molecular complexity index is 559. The van der Waals surface area contributed by atoms with Crippen LogP contribution in [0.1, 0.15) is 29.1 Å². The average molecular weight is 263 g/mol. The van der Waals surface area contributed by atoms with Crippen LogP contribution in [0, 0.1) is 6.92 Å². The number of aryl methyl sites for hydroxylation is 2. The number of nitrogens with zero attached hydrogens (tertiary/aromatic N) is 3. The molecule has 0 saturated heterocycles. The van der Waals surface area contributed by atoms with Gasteiger partial charge in [0, 0.05) is 25.4 Å². The molecular weight excluding hydrogens is 246 g/mol. The summed E-state index contributed by atoms with van der Waals surface area (Å²) in [5.41, 5.74) is 6.12. The first-order valence-electron chi connectivity index (χ1n) is 6.11. The van der Waals surface area contributed by atoms with E-state index in [1.54, 1.807) is 30.8 Å². The largest absolute Gasteiger partial charge is 0.461 e. The van der Waals surface area contributed by atoms with Gasteiger partial charge in [0.25, 0.3) is 0 Å². The van der Waals surface area contributed by atoms with Crippen LogP contribution in [0.15, 0.2) is 12.4 Å². The predicted octanol–water partition coefficient (Wildman–Crippen LogP) is 0.916. The summed E-state index contributed by atoms with van der Waals surface area (Å²) < 4.78 is 6.70. The van der Waals surface area contributed by atoms with Gasteiger partial charge in [-0.15, -0.1) is 0 Å². The topological polar surface area (TPSA) is 98.8 Å². The smallest absolute Gasteiger partial charge is 0.360 e. The number of esters is 1. The minimum Gasteiger partial charge on any atom is -0.461 e. The number of nitrogens with two attached hydrogens (primary N) is 1. The van der Waals surface area contributed by atoms with Crippen LogP contribution >= 0.6 is 0 Å². The number of aromatic nitrogens is 4. The number of H-pyrrole nitrogens is 1. The summed E-state index contributed by atoms with van der Waals surface area (Å²) in [4.78, 5) is 23.0. The van der Waals surface area contributed by atoms with Crippen LogP contribution < -0.4 is 5.73 Å². The summed E-state index contributed by atoms with van der Waals surface area (Å²) in [6.45, 7) is 4.46. The molecule has 0 aliphatic heterocycles. The third-order valence-electron chi connectivity index (χ3n) is 2.79. The Balaban J connectivity index is 2.14. The molecule has 0 bridgehead atoms. The van der Waals surface area contributed by atoms with Gasteiger partial charge in [-0.25, -0.2) is 14.8 Å². The second-order valence-corrected chi connectivity index (χ2v) is 4.05. The molecule has 3 N–H and O–H groups in total. The van der Waals surface area contributed by atoms with E-state index >= 15 is 0 Å². The highest BCUT2D eigenvalue weighted by atomic mass is 16.5. The van der Waals surface area contributed by atoms with Gasteiger partial charge < -0.3 is 20.0 Å². The molecule has 2 heterocycles. The molecule has 0 unspecified atom stereocenters.